The quantitative estimate of drug-likeness (QED) is 0.807. The summed E-state index contributed by atoms with van der Waals surface area (Å²) in [6.07, 6.45) is 1.70. The minimum Gasteiger partial charge on any atom is -0.494 e. The van der Waals surface area contributed by atoms with Gasteiger partial charge in [0.15, 0.2) is 0 Å². The van der Waals surface area contributed by atoms with E-state index >= 15 is 0 Å². The highest BCUT2D eigenvalue weighted by Gasteiger charge is 2.29. The first-order valence-corrected chi connectivity index (χ1v) is 8.74. The number of sulfonamides is 1. The second-order valence-corrected chi connectivity index (χ2v) is 7.15. The average molecular weight is 313 g/mol. The fourth-order valence-electron chi connectivity index (χ4n) is 2.58. The van der Waals surface area contributed by atoms with Crippen LogP contribution in [0, 0.1) is 5.92 Å². The first-order chi connectivity index (χ1) is 10.1. The van der Waals surface area contributed by atoms with Gasteiger partial charge in [0.25, 0.3) is 0 Å². The molecule has 0 aromatic heterocycles. The molecule has 0 amide bonds. The maximum atomic E-state index is 12.6. The van der Waals surface area contributed by atoms with Crippen molar-refractivity contribution in [2.45, 2.75) is 24.7 Å². The molecule has 1 aliphatic rings. The van der Waals surface area contributed by atoms with Crippen molar-refractivity contribution in [2.24, 2.45) is 5.92 Å². The van der Waals surface area contributed by atoms with E-state index < -0.39 is 10.0 Å². The van der Waals surface area contributed by atoms with Crippen molar-refractivity contribution >= 4 is 10.0 Å². The summed E-state index contributed by atoms with van der Waals surface area (Å²) in [7, 11) is -1.71. The molecule has 21 heavy (non-hydrogen) atoms. The highest BCUT2D eigenvalue weighted by Crippen LogP contribution is 2.25. The maximum absolute atomic E-state index is 12.6. The summed E-state index contributed by atoms with van der Waals surface area (Å²) in [5.74, 6) is 1.15. The third kappa shape index (κ3) is 3.96. The smallest absolute Gasteiger partial charge is 0.243 e. The molecule has 1 heterocycles. The molecule has 0 aliphatic carbocycles. The number of hydrogen-bond acceptors (Lipinski definition) is 4. The van der Waals surface area contributed by atoms with Crippen LogP contribution in [0.3, 0.4) is 0 Å². The monoisotopic (exact) mass is 313 g/mol. The molecule has 2 rings (SSSR count). The third-order valence-electron chi connectivity index (χ3n) is 3.75. The first kappa shape index (κ1) is 16.3. The van der Waals surface area contributed by atoms with Gasteiger partial charge in [0.05, 0.1) is 11.5 Å². The van der Waals surface area contributed by atoms with Crippen LogP contribution in [-0.2, 0) is 14.8 Å². The molecule has 118 valence electrons. The van der Waals surface area contributed by atoms with Crippen LogP contribution in [0.2, 0.25) is 0 Å². The second-order valence-electron chi connectivity index (χ2n) is 5.21. The summed E-state index contributed by atoms with van der Waals surface area (Å²) in [6, 6.07) is 6.63. The molecule has 5 nitrogen and oxygen atoms in total. The van der Waals surface area contributed by atoms with Crippen LogP contribution in [0.5, 0.6) is 5.75 Å². The van der Waals surface area contributed by atoms with Crippen LogP contribution in [0.15, 0.2) is 29.2 Å². The van der Waals surface area contributed by atoms with E-state index in [0.717, 1.165) is 12.8 Å². The number of ether oxygens (including phenoxy) is 2. The first-order valence-electron chi connectivity index (χ1n) is 7.30. The van der Waals surface area contributed by atoms with Crippen molar-refractivity contribution in [2.75, 3.05) is 33.4 Å². The molecule has 0 N–H and O–H groups in total. The molecule has 1 fully saturated rings. The molecule has 0 radical (unpaired) electrons. The third-order valence-corrected chi connectivity index (χ3v) is 5.66. The number of methoxy groups -OCH3 is 1. The van der Waals surface area contributed by atoms with Gasteiger partial charge in [-0.1, -0.05) is 0 Å². The number of nitrogens with zero attached hydrogens (tertiary/aromatic N) is 1. The highest BCUT2D eigenvalue weighted by molar-refractivity contribution is 7.89. The topological polar surface area (TPSA) is 55.8 Å². The van der Waals surface area contributed by atoms with Crippen LogP contribution in [0.4, 0.5) is 0 Å². The van der Waals surface area contributed by atoms with Crippen LogP contribution in [0.1, 0.15) is 19.8 Å². The lowest BCUT2D eigenvalue weighted by molar-refractivity contribution is 0.121. The van der Waals surface area contributed by atoms with Gasteiger partial charge in [0, 0.05) is 26.8 Å². The van der Waals surface area contributed by atoms with Gasteiger partial charge in [0.2, 0.25) is 10.0 Å². The Balaban J connectivity index is 2.04. The zero-order valence-corrected chi connectivity index (χ0v) is 13.4. The minimum atomic E-state index is -3.40. The van der Waals surface area contributed by atoms with E-state index in [9.17, 15) is 8.42 Å². The zero-order chi connectivity index (χ0) is 15.3. The van der Waals surface area contributed by atoms with Gasteiger partial charge in [-0.15, -0.1) is 0 Å². The zero-order valence-electron chi connectivity index (χ0n) is 12.6. The van der Waals surface area contributed by atoms with E-state index in [-0.39, 0.29) is 0 Å². The number of hydrogen-bond donors (Lipinski definition) is 0. The summed E-state index contributed by atoms with van der Waals surface area (Å²) in [5, 5.41) is 0. The normalized spacial score (nSPS) is 17.8. The average Bonchev–Trinajstić information content (AvgIpc) is 2.49. The van der Waals surface area contributed by atoms with E-state index in [2.05, 4.69) is 0 Å². The molecule has 1 aromatic rings. The van der Waals surface area contributed by atoms with E-state index in [0.29, 0.717) is 42.9 Å². The van der Waals surface area contributed by atoms with Gasteiger partial charge in [-0.05, 0) is 49.9 Å². The van der Waals surface area contributed by atoms with Crippen molar-refractivity contribution < 1.29 is 17.9 Å². The van der Waals surface area contributed by atoms with Crippen LogP contribution >= 0.6 is 0 Å². The summed E-state index contributed by atoms with van der Waals surface area (Å²) >= 11 is 0. The molecular formula is C15H23NO4S. The Bertz CT molecular complexity index is 533. The molecular weight excluding hydrogens is 290 g/mol. The lowest BCUT2D eigenvalue weighted by Crippen LogP contribution is -2.39. The number of piperidine rings is 1. The summed E-state index contributed by atoms with van der Waals surface area (Å²) < 4.78 is 37.2. The van der Waals surface area contributed by atoms with E-state index in [1.54, 1.807) is 35.7 Å². The van der Waals surface area contributed by atoms with Crippen LogP contribution < -0.4 is 4.74 Å². The van der Waals surface area contributed by atoms with Gasteiger partial charge >= 0.3 is 0 Å². The Labute approximate surface area is 126 Å². The van der Waals surface area contributed by atoms with Gasteiger partial charge < -0.3 is 9.47 Å². The lowest BCUT2D eigenvalue weighted by atomic mass is 9.99. The molecule has 1 saturated heterocycles. The van der Waals surface area contributed by atoms with E-state index in [1.807, 2.05) is 6.92 Å². The molecule has 6 heteroatoms. The van der Waals surface area contributed by atoms with E-state index in [1.165, 1.54) is 0 Å². The van der Waals surface area contributed by atoms with Crippen molar-refractivity contribution in [3.8, 4) is 5.75 Å². The SMILES string of the molecule is CCOc1ccc(S(=O)(=O)N2CCC(COC)CC2)cc1. The van der Waals surface area contributed by atoms with Crippen LogP contribution in [-0.4, -0.2) is 46.1 Å². The summed E-state index contributed by atoms with van der Waals surface area (Å²) in [6.45, 7) is 4.29. The predicted molar refractivity (Wildman–Crippen MR) is 81.0 cm³/mol. The molecule has 1 aromatic carbocycles. The molecule has 0 saturated carbocycles. The van der Waals surface area contributed by atoms with Gasteiger partial charge in [-0.25, -0.2) is 8.42 Å². The second kappa shape index (κ2) is 7.24. The maximum Gasteiger partial charge on any atom is 0.243 e. The summed E-state index contributed by atoms with van der Waals surface area (Å²) in [4.78, 5) is 0.330. The van der Waals surface area contributed by atoms with Crippen molar-refractivity contribution in [1.29, 1.82) is 0 Å². The van der Waals surface area contributed by atoms with E-state index in [4.69, 9.17) is 9.47 Å². The van der Waals surface area contributed by atoms with Gasteiger partial charge in [0.1, 0.15) is 5.75 Å². The number of benzene rings is 1. The van der Waals surface area contributed by atoms with Gasteiger partial charge in [-0.2, -0.15) is 4.31 Å². The lowest BCUT2D eigenvalue weighted by Gasteiger charge is -2.30. The minimum absolute atomic E-state index is 0.330. The van der Waals surface area contributed by atoms with Crippen LogP contribution in [0.25, 0.3) is 0 Å². The largest absolute Gasteiger partial charge is 0.494 e. The molecule has 0 spiro atoms. The van der Waals surface area contributed by atoms with Crippen molar-refractivity contribution in [1.82, 2.24) is 4.31 Å². The predicted octanol–water partition coefficient (Wildman–Crippen LogP) is 2.13. The number of rotatable bonds is 6. The van der Waals surface area contributed by atoms with Gasteiger partial charge in [-0.3, -0.25) is 0 Å². The highest BCUT2D eigenvalue weighted by atomic mass is 32.2. The Kier molecular flexibility index (Phi) is 5.61. The summed E-state index contributed by atoms with van der Waals surface area (Å²) in [5.41, 5.74) is 0. The standard InChI is InChI=1S/C15H23NO4S/c1-3-20-14-4-6-15(7-5-14)21(17,18)16-10-8-13(9-11-16)12-19-2/h4-7,13H,3,8-12H2,1-2H3. The fourth-order valence-corrected chi connectivity index (χ4v) is 4.05. The molecule has 0 bridgehead atoms. The molecule has 0 unspecified atom stereocenters. The molecule has 0 atom stereocenters. The Hall–Kier alpha value is -1.11. The Morgan fingerprint density at radius 2 is 1.81 bits per heavy atom. The van der Waals surface area contributed by atoms with Crippen molar-refractivity contribution in [3.63, 3.8) is 0 Å². The van der Waals surface area contributed by atoms with Crippen molar-refractivity contribution in [3.05, 3.63) is 24.3 Å². The molecule has 1 aliphatic heterocycles. The Morgan fingerprint density at radius 3 is 2.33 bits per heavy atom. The fraction of sp³-hybridized carbons (Fsp3) is 0.600. The Morgan fingerprint density at radius 1 is 1.19 bits per heavy atom.